The van der Waals surface area contributed by atoms with Crippen molar-refractivity contribution in [3.8, 4) is 23.0 Å². The summed E-state index contributed by atoms with van der Waals surface area (Å²) in [4.78, 5) is 0. The van der Waals surface area contributed by atoms with E-state index in [4.69, 9.17) is 25.8 Å². The van der Waals surface area contributed by atoms with Gasteiger partial charge in [0.1, 0.15) is 18.1 Å². The largest absolute Gasteiger partial charge is 0.493 e. The number of methoxy groups -OCH3 is 1. The summed E-state index contributed by atoms with van der Waals surface area (Å²) in [6, 6.07) is 29.4. The van der Waals surface area contributed by atoms with Gasteiger partial charge < -0.3 is 19.5 Å². The van der Waals surface area contributed by atoms with Gasteiger partial charge in [-0.1, -0.05) is 41.9 Å². The van der Waals surface area contributed by atoms with Gasteiger partial charge >= 0.3 is 0 Å². The summed E-state index contributed by atoms with van der Waals surface area (Å²) in [6.07, 6.45) is 0. The molecule has 0 heterocycles. The lowest BCUT2D eigenvalue weighted by atomic mass is 10.2. The van der Waals surface area contributed by atoms with Gasteiger partial charge in [0.05, 0.1) is 10.7 Å². The molecule has 0 radical (unpaired) electrons. The van der Waals surface area contributed by atoms with Crippen molar-refractivity contribution >= 4 is 39.9 Å². The van der Waals surface area contributed by atoms with Crippen LogP contribution in [0, 0.1) is 3.57 Å². The maximum Gasteiger partial charge on any atom is 0.174 e. The van der Waals surface area contributed by atoms with Crippen LogP contribution in [0.3, 0.4) is 0 Å². The van der Waals surface area contributed by atoms with Crippen molar-refractivity contribution in [3.05, 3.63) is 111 Å². The van der Waals surface area contributed by atoms with E-state index in [1.54, 1.807) is 7.11 Å². The summed E-state index contributed by atoms with van der Waals surface area (Å²) in [5.74, 6) is 3.04. The third kappa shape index (κ3) is 6.55. The van der Waals surface area contributed by atoms with Crippen LogP contribution < -0.4 is 19.5 Å². The third-order valence-electron chi connectivity index (χ3n) is 4.89. The number of hydrogen-bond acceptors (Lipinski definition) is 4. The summed E-state index contributed by atoms with van der Waals surface area (Å²) in [7, 11) is 1.65. The van der Waals surface area contributed by atoms with Gasteiger partial charge in [0, 0.05) is 17.3 Å². The molecule has 0 aliphatic heterocycles. The van der Waals surface area contributed by atoms with Crippen molar-refractivity contribution in [1.29, 1.82) is 0 Å². The van der Waals surface area contributed by atoms with Gasteiger partial charge in [0.2, 0.25) is 0 Å². The smallest absolute Gasteiger partial charge is 0.174 e. The molecule has 0 atom stereocenters. The molecule has 0 unspecified atom stereocenters. The Labute approximate surface area is 212 Å². The summed E-state index contributed by atoms with van der Waals surface area (Å²) in [6.45, 7) is 1.07. The molecular weight excluding hydrogens is 549 g/mol. The summed E-state index contributed by atoms with van der Waals surface area (Å²) >= 11 is 8.35. The number of para-hydroxylation sites is 1. The molecule has 6 heteroatoms. The number of halogens is 2. The van der Waals surface area contributed by atoms with Gasteiger partial charge in [-0.05, 0) is 94.4 Å². The number of benzene rings is 4. The quantitative estimate of drug-likeness (QED) is 0.207. The van der Waals surface area contributed by atoms with Crippen LogP contribution in [0.5, 0.6) is 23.0 Å². The van der Waals surface area contributed by atoms with Crippen molar-refractivity contribution in [2.24, 2.45) is 0 Å². The average molecular weight is 572 g/mol. The van der Waals surface area contributed by atoms with E-state index >= 15 is 0 Å². The lowest BCUT2D eigenvalue weighted by Gasteiger charge is -2.15. The van der Waals surface area contributed by atoms with Gasteiger partial charge in [-0.15, -0.1) is 0 Å². The molecule has 4 aromatic rings. The minimum atomic E-state index is 0.419. The van der Waals surface area contributed by atoms with Crippen molar-refractivity contribution in [1.82, 2.24) is 0 Å². The van der Waals surface area contributed by atoms with E-state index in [1.807, 2.05) is 84.9 Å². The fourth-order valence-electron chi connectivity index (χ4n) is 3.27. The average Bonchev–Trinajstić information content (AvgIpc) is 2.83. The molecular formula is C27H23ClINO3. The van der Waals surface area contributed by atoms with Crippen LogP contribution in [0.4, 0.5) is 5.69 Å². The van der Waals surface area contributed by atoms with Crippen LogP contribution in [0.15, 0.2) is 91.0 Å². The molecule has 0 aromatic heterocycles. The zero-order chi connectivity index (χ0) is 23.0. The number of nitrogens with one attached hydrogen (secondary N) is 1. The molecule has 0 spiro atoms. The molecule has 33 heavy (non-hydrogen) atoms. The maximum atomic E-state index is 6.07. The second kappa shape index (κ2) is 11.3. The molecule has 1 N–H and O–H groups in total. The zero-order valence-electron chi connectivity index (χ0n) is 18.1. The van der Waals surface area contributed by atoms with E-state index in [0.29, 0.717) is 23.9 Å². The van der Waals surface area contributed by atoms with Gasteiger partial charge in [-0.3, -0.25) is 0 Å². The molecule has 0 amide bonds. The van der Waals surface area contributed by atoms with E-state index in [9.17, 15) is 0 Å². The first-order valence-corrected chi connectivity index (χ1v) is 11.9. The Kier molecular flexibility index (Phi) is 7.96. The topological polar surface area (TPSA) is 39.7 Å². The molecule has 0 aliphatic carbocycles. The lowest BCUT2D eigenvalue weighted by molar-refractivity contribution is 0.282. The van der Waals surface area contributed by atoms with E-state index in [2.05, 4.69) is 34.0 Å². The Balaban J connectivity index is 1.38. The highest BCUT2D eigenvalue weighted by molar-refractivity contribution is 14.1. The minimum absolute atomic E-state index is 0.419. The zero-order valence-corrected chi connectivity index (χ0v) is 21.0. The van der Waals surface area contributed by atoms with Crippen molar-refractivity contribution in [2.75, 3.05) is 12.4 Å². The maximum absolute atomic E-state index is 6.07. The summed E-state index contributed by atoms with van der Waals surface area (Å²) < 4.78 is 18.5. The second-order valence-corrected chi connectivity index (χ2v) is 8.92. The molecule has 168 valence electrons. The molecule has 0 aliphatic rings. The van der Waals surface area contributed by atoms with E-state index in [1.165, 1.54) is 0 Å². The van der Waals surface area contributed by atoms with Gasteiger partial charge in [0.15, 0.2) is 11.5 Å². The van der Waals surface area contributed by atoms with Crippen LogP contribution >= 0.6 is 34.2 Å². The predicted octanol–water partition coefficient (Wildman–Crippen LogP) is 7.94. The van der Waals surface area contributed by atoms with Crippen LogP contribution in [0.1, 0.15) is 11.1 Å². The number of ether oxygens (including phenoxy) is 3. The van der Waals surface area contributed by atoms with Crippen LogP contribution in [0.25, 0.3) is 0 Å². The molecule has 0 saturated heterocycles. The van der Waals surface area contributed by atoms with Crippen molar-refractivity contribution in [3.63, 3.8) is 0 Å². The van der Waals surface area contributed by atoms with Crippen LogP contribution in [-0.4, -0.2) is 7.11 Å². The molecule has 0 bridgehead atoms. The molecule has 4 rings (SSSR count). The Hall–Kier alpha value is -2.90. The predicted molar refractivity (Wildman–Crippen MR) is 142 cm³/mol. The van der Waals surface area contributed by atoms with E-state index < -0.39 is 0 Å². The Morgan fingerprint density at radius 2 is 1.58 bits per heavy atom. The Morgan fingerprint density at radius 1 is 0.818 bits per heavy atom. The molecule has 0 fully saturated rings. The molecule has 0 saturated carbocycles. The lowest BCUT2D eigenvalue weighted by Crippen LogP contribution is -2.03. The van der Waals surface area contributed by atoms with Crippen LogP contribution in [-0.2, 0) is 13.2 Å². The first kappa shape index (κ1) is 23.3. The normalized spacial score (nSPS) is 10.5. The number of rotatable bonds is 9. The monoisotopic (exact) mass is 571 g/mol. The molecule has 4 nitrogen and oxygen atoms in total. The highest BCUT2D eigenvalue weighted by Crippen LogP contribution is 2.35. The Morgan fingerprint density at radius 3 is 2.30 bits per heavy atom. The fraction of sp³-hybridized carbons (Fsp3) is 0.111. The van der Waals surface area contributed by atoms with Crippen molar-refractivity contribution in [2.45, 2.75) is 13.2 Å². The van der Waals surface area contributed by atoms with Gasteiger partial charge in [-0.25, -0.2) is 0 Å². The first-order valence-electron chi connectivity index (χ1n) is 10.4. The second-order valence-electron chi connectivity index (χ2n) is 7.32. The third-order valence-corrected chi connectivity index (χ3v) is 5.93. The van der Waals surface area contributed by atoms with Gasteiger partial charge in [0.25, 0.3) is 0 Å². The van der Waals surface area contributed by atoms with Gasteiger partial charge in [-0.2, -0.15) is 0 Å². The van der Waals surface area contributed by atoms with Crippen molar-refractivity contribution < 1.29 is 14.2 Å². The number of anilines is 1. The first-order chi connectivity index (χ1) is 16.1. The molecule has 4 aromatic carbocycles. The highest BCUT2D eigenvalue weighted by Gasteiger charge is 2.12. The standard InChI is InChI=1S/C27H23ClINO3/c1-31-26-16-20(15-25(29)27(26)32-18-19-6-5-7-21(28)14-19)17-30-22-10-12-24(13-11-22)33-23-8-3-2-4-9-23/h2-16,30H,17-18H2,1H3. The van der Waals surface area contributed by atoms with Crippen LogP contribution in [0.2, 0.25) is 5.02 Å². The minimum Gasteiger partial charge on any atom is -0.493 e. The SMILES string of the molecule is COc1cc(CNc2ccc(Oc3ccccc3)cc2)cc(I)c1OCc1cccc(Cl)c1. The summed E-state index contributed by atoms with van der Waals surface area (Å²) in [5.41, 5.74) is 3.10. The number of hydrogen-bond donors (Lipinski definition) is 1. The summed E-state index contributed by atoms with van der Waals surface area (Å²) in [5, 5.41) is 4.14. The highest BCUT2D eigenvalue weighted by atomic mass is 127. The van der Waals surface area contributed by atoms with E-state index in [-0.39, 0.29) is 0 Å². The Bertz CT molecular complexity index is 1200. The fourth-order valence-corrected chi connectivity index (χ4v) is 4.30. The van der Waals surface area contributed by atoms with E-state index in [0.717, 1.165) is 37.6 Å².